The first kappa shape index (κ1) is 21.6. The molecular formula is C8H20Cl2HfO4. The zero-order valence-electron chi connectivity index (χ0n) is 9.72. The summed E-state index contributed by atoms with van der Waals surface area (Å²) < 4.78 is 22.0. The molecule has 0 fully saturated rings. The van der Waals surface area contributed by atoms with Gasteiger partial charge in [0.15, 0.2) is 0 Å². The summed E-state index contributed by atoms with van der Waals surface area (Å²) in [5, 5.41) is 0. The second kappa shape index (κ2) is 13.4. The van der Waals surface area contributed by atoms with Crippen LogP contribution in [0.25, 0.3) is 0 Å². The predicted octanol–water partition coefficient (Wildman–Crippen LogP) is -4.05. The summed E-state index contributed by atoms with van der Waals surface area (Å²) in [4.78, 5) is 0. The summed E-state index contributed by atoms with van der Waals surface area (Å²) in [6, 6.07) is 0. The van der Waals surface area contributed by atoms with E-state index < -0.39 is 21.7 Å². The molecule has 0 saturated carbocycles. The molecule has 0 aliphatic heterocycles. The van der Waals surface area contributed by atoms with Crippen LogP contribution in [0.5, 0.6) is 0 Å². The van der Waals surface area contributed by atoms with Gasteiger partial charge in [-0.1, -0.05) is 0 Å². The Labute approximate surface area is 112 Å². The van der Waals surface area contributed by atoms with Crippen molar-refractivity contribution in [3.05, 3.63) is 0 Å². The van der Waals surface area contributed by atoms with Gasteiger partial charge in [0.05, 0.1) is 0 Å². The molecule has 0 heterocycles. The van der Waals surface area contributed by atoms with Gasteiger partial charge < -0.3 is 24.8 Å². The van der Waals surface area contributed by atoms with Gasteiger partial charge in [0.2, 0.25) is 0 Å². The van der Waals surface area contributed by atoms with Crippen molar-refractivity contribution in [1.29, 1.82) is 0 Å². The molecule has 0 aliphatic rings. The van der Waals surface area contributed by atoms with Gasteiger partial charge in [0.1, 0.15) is 0 Å². The fourth-order valence-corrected chi connectivity index (χ4v) is 7.83. The molecule has 0 radical (unpaired) electrons. The average Bonchev–Trinajstić information content (AvgIpc) is 2.06. The van der Waals surface area contributed by atoms with Crippen molar-refractivity contribution in [2.75, 3.05) is 26.4 Å². The van der Waals surface area contributed by atoms with Crippen molar-refractivity contribution in [2.45, 2.75) is 27.7 Å². The van der Waals surface area contributed by atoms with Crippen LogP contribution in [-0.2, 0) is 33.1 Å². The standard InChI is InChI=1S/4C2H5O.2ClH.Hf/c4*1-2-3;;;/h4*2H2,1H3;2*1H;/q4*-1;;;+6/p-2. The Hall–Kier alpha value is 1.29. The Morgan fingerprint density at radius 1 is 0.600 bits per heavy atom. The molecule has 0 amide bonds. The number of hydrogen-bond acceptors (Lipinski definition) is 4. The van der Waals surface area contributed by atoms with E-state index in [4.69, 9.17) is 11.4 Å². The molecule has 0 rings (SSSR count). The van der Waals surface area contributed by atoms with Gasteiger partial charge in [-0.15, -0.1) is 0 Å². The third-order valence-electron chi connectivity index (χ3n) is 1.28. The Morgan fingerprint density at radius 2 is 0.800 bits per heavy atom. The van der Waals surface area contributed by atoms with Gasteiger partial charge in [-0.05, 0) is 0 Å². The predicted molar refractivity (Wildman–Crippen MR) is 46.5 cm³/mol. The van der Waals surface area contributed by atoms with Gasteiger partial charge in [-0.3, -0.25) is 0 Å². The van der Waals surface area contributed by atoms with Crippen LogP contribution in [0.4, 0.5) is 0 Å². The quantitative estimate of drug-likeness (QED) is 0.368. The Bertz CT molecular complexity index is 99.7. The molecule has 0 aromatic carbocycles. The van der Waals surface area contributed by atoms with Crippen molar-refractivity contribution in [2.24, 2.45) is 0 Å². The van der Waals surface area contributed by atoms with Crippen molar-refractivity contribution in [1.82, 2.24) is 0 Å². The van der Waals surface area contributed by atoms with E-state index in [-0.39, 0.29) is 24.8 Å². The molecule has 0 aromatic rings. The Kier molecular flexibility index (Phi) is 19.2. The van der Waals surface area contributed by atoms with Gasteiger partial charge in [0.25, 0.3) is 0 Å². The summed E-state index contributed by atoms with van der Waals surface area (Å²) in [5.74, 6) is 0. The van der Waals surface area contributed by atoms with E-state index in [9.17, 15) is 0 Å². The molecule has 0 atom stereocenters. The molecule has 0 unspecified atom stereocenters. The molecule has 15 heavy (non-hydrogen) atoms. The van der Waals surface area contributed by atoms with Gasteiger partial charge in [-0.25, -0.2) is 0 Å². The molecule has 0 saturated heterocycles. The van der Waals surface area contributed by atoms with Crippen LogP contribution >= 0.6 is 0 Å². The van der Waals surface area contributed by atoms with Crippen LogP contribution in [0.2, 0.25) is 0 Å². The third-order valence-corrected chi connectivity index (χ3v) is 10.5. The molecule has 94 valence electrons. The molecule has 4 nitrogen and oxygen atoms in total. The molecule has 0 aromatic heterocycles. The van der Waals surface area contributed by atoms with E-state index >= 15 is 0 Å². The normalized spacial score (nSPS) is 9.33. The first-order valence-corrected chi connectivity index (χ1v) is 10.7. The van der Waals surface area contributed by atoms with Crippen molar-refractivity contribution >= 4 is 0 Å². The molecule has 0 bridgehead atoms. The summed E-state index contributed by atoms with van der Waals surface area (Å²) >= 11 is -3.69. The van der Waals surface area contributed by atoms with Crippen molar-refractivity contribution in [3.8, 4) is 0 Å². The minimum absolute atomic E-state index is 0. The zero-order valence-corrected chi connectivity index (χ0v) is 14.8. The van der Waals surface area contributed by atoms with E-state index in [2.05, 4.69) is 0 Å². The third kappa shape index (κ3) is 9.03. The molecule has 0 aliphatic carbocycles. The maximum absolute atomic E-state index is 5.51. The van der Waals surface area contributed by atoms with Gasteiger partial charge >= 0.3 is 87.3 Å². The van der Waals surface area contributed by atoms with Crippen LogP contribution in [0.3, 0.4) is 0 Å². The van der Waals surface area contributed by atoms with Crippen molar-refractivity contribution < 1.29 is 57.9 Å². The number of halogens is 2. The second-order valence-corrected chi connectivity index (χ2v) is 9.97. The number of hydrogen-bond donors (Lipinski definition) is 0. The van der Waals surface area contributed by atoms with Crippen LogP contribution in [0.1, 0.15) is 27.7 Å². The van der Waals surface area contributed by atoms with Crippen molar-refractivity contribution in [3.63, 3.8) is 0 Å². The van der Waals surface area contributed by atoms with E-state index in [0.717, 1.165) is 0 Å². The van der Waals surface area contributed by atoms with E-state index in [1.54, 1.807) is 0 Å². The Balaban J connectivity index is -0.000000720. The molecule has 0 N–H and O–H groups in total. The monoisotopic (exact) mass is 430 g/mol. The number of rotatable bonds is 8. The largest absolute Gasteiger partial charge is 1.00 e. The van der Waals surface area contributed by atoms with E-state index in [0.29, 0.717) is 26.4 Å². The maximum Gasteiger partial charge on any atom is -1.00 e. The molecular weight excluding hydrogens is 409 g/mol. The minimum Gasteiger partial charge on any atom is -1.00 e. The van der Waals surface area contributed by atoms with Crippen LogP contribution in [0, 0.1) is 0 Å². The summed E-state index contributed by atoms with van der Waals surface area (Å²) in [5.41, 5.74) is 0. The van der Waals surface area contributed by atoms with Crippen LogP contribution < -0.4 is 24.8 Å². The zero-order chi connectivity index (χ0) is 10.2. The molecule has 7 heteroatoms. The average molecular weight is 430 g/mol. The van der Waals surface area contributed by atoms with E-state index in [1.807, 2.05) is 27.7 Å². The Morgan fingerprint density at radius 3 is 0.933 bits per heavy atom. The summed E-state index contributed by atoms with van der Waals surface area (Å²) in [7, 11) is 0. The van der Waals surface area contributed by atoms with E-state index in [1.165, 1.54) is 0 Å². The minimum atomic E-state index is -3.69. The van der Waals surface area contributed by atoms with Crippen LogP contribution in [0.15, 0.2) is 0 Å². The van der Waals surface area contributed by atoms with Crippen LogP contribution in [-0.4, -0.2) is 26.4 Å². The molecule has 0 spiro atoms. The fraction of sp³-hybridized carbons (Fsp3) is 1.00. The maximum atomic E-state index is 5.51. The van der Waals surface area contributed by atoms with Gasteiger partial charge in [0, 0.05) is 0 Å². The van der Waals surface area contributed by atoms with Gasteiger partial charge in [-0.2, -0.15) is 0 Å². The first-order valence-electron chi connectivity index (χ1n) is 4.80. The smallest absolute Gasteiger partial charge is 1.00 e. The second-order valence-electron chi connectivity index (χ2n) is 2.23. The SMILES string of the molecule is CC[O][Hf+2]([O]CC)([O]CC)[O]CC.[Cl-].[Cl-]. The topological polar surface area (TPSA) is 36.9 Å². The summed E-state index contributed by atoms with van der Waals surface area (Å²) in [6.45, 7) is 10.0. The fourth-order valence-electron chi connectivity index (χ4n) is 0.957. The summed E-state index contributed by atoms with van der Waals surface area (Å²) in [6.07, 6.45) is 0. The first-order chi connectivity index (χ1) is 6.24.